The average Bonchev–Trinajstić information content (AvgIpc) is 2.59. The Kier molecular flexibility index (Phi) is 4.52. The quantitative estimate of drug-likeness (QED) is 0.868. The minimum atomic E-state index is -0.634. The van der Waals surface area contributed by atoms with E-state index < -0.39 is 17.8 Å². The second-order valence-electron chi connectivity index (χ2n) is 5.61. The van der Waals surface area contributed by atoms with Crippen LogP contribution in [0.3, 0.4) is 0 Å². The largest absolute Gasteiger partial charge is 0.479 e. The second kappa shape index (κ2) is 6.76. The van der Waals surface area contributed by atoms with Crippen molar-refractivity contribution >= 4 is 23.2 Å². The Morgan fingerprint density at radius 2 is 2.12 bits per heavy atom. The first-order chi connectivity index (χ1) is 12.0. The van der Waals surface area contributed by atoms with Crippen LogP contribution in [-0.2, 0) is 4.79 Å². The van der Waals surface area contributed by atoms with Crippen LogP contribution in [0.25, 0.3) is 0 Å². The van der Waals surface area contributed by atoms with Crippen molar-refractivity contribution in [2.24, 2.45) is 0 Å². The van der Waals surface area contributed by atoms with E-state index in [4.69, 9.17) is 4.74 Å². The number of benzene rings is 2. The van der Waals surface area contributed by atoms with Crippen molar-refractivity contribution in [2.75, 3.05) is 16.8 Å². The lowest BCUT2D eigenvalue weighted by atomic mass is 10.1. The molecule has 6 heteroatoms. The lowest BCUT2D eigenvalue weighted by Gasteiger charge is -2.32. The predicted octanol–water partition coefficient (Wildman–Crippen LogP) is 3.38. The third-order valence-electron chi connectivity index (χ3n) is 3.86. The van der Waals surface area contributed by atoms with E-state index in [1.54, 1.807) is 42.2 Å². The van der Waals surface area contributed by atoms with Gasteiger partial charge in [0.1, 0.15) is 11.6 Å². The van der Waals surface area contributed by atoms with Crippen molar-refractivity contribution in [3.63, 3.8) is 0 Å². The van der Waals surface area contributed by atoms with Crippen molar-refractivity contribution in [1.82, 2.24) is 0 Å². The Morgan fingerprint density at radius 3 is 2.84 bits per heavy atom. The molecule has 1 aliphatic rings. The molecule has 2 aromatic carbocycles. The minimum Gasteiger partial charge on any atom is -0.479 e. The zero-order valence-electron chi connectivity index (χ0n) is 13.7. The summed E-state index contributed by atoms with van der Waals surface area (Å²) in [5.74, 6) is -0.831. The van der Waals surface area contributed by atoms with Crippen LogP contribution in [0, 0.1) is 5.82 Å². The third-order valence-corrected chi connectivity index (χ3v) is 3.86. The van der Waals surface area contributed by atoms with Crippen molar-refractivity contribution in [3.05, 3.63) is 66.5 Å². The van der Waals surface area contributed by atoms with Gasteiger partial charge >= 0.3 is 0 Å². The van der Waals surface area contributed by atoms with E-state index in [2.05, 4.69) is 11.9 Å². The van der Waals surface area contributed by atoms with Crippen LogP contribution in [0.4, 0.5) is 15.8 Å². The van der Waals surface area contributed by atoms with Crippen LogP contribution < -0.4 is 15.0 Å². The molecule has 0 radical (unpaired) electrons. The fourth-order valence-corrected chi connectivity index (χ4v) is 2.65. The maximum atomic E-state index is 13.7. The summed E-state index contributed by atoms with van der Waals surface area (Å²) < 4.78 is 19.3. The molecule has 0 saturated heterocycles. The predicted molar refractivity (Wildman–Crippen MR) is 93.4 cm³/mol. The molecule has 1 N–H and O–H groups in total. The summed E-state index contributed by atoms with van der Waals surface area (Å²) in [6.07, 6.45) is 0.998. The first kappa shape index (κ1) is 16.7. The highest BCUT2D eigenvalue weighted by Gasteiger charge is 2.31. The van der Waals surface area contributed by atoms with Gasteiger partial charge in [0, 0.05) is 18.3 Å². The highest BCUT2D eigenvalue weighted by molar-refractivity contribution is 6.05. The highest BCUT2D eigenvalue weighted by Crippen LogP contribution is 2.36. The van der Waals surface area contributed by atoms with Gasteiger partial charge in [-0.1, -0.05) is 18.2 Å². The standard InChI is InChI=1S/C19H17FN2O3/c1-3-10-22-16-9-8-13(11-17(16)25-12(2)19(22)24)21-18(23)14-6-4-5-7-15(14)20/h3-9,11-12H,1,10H2,2H3,(H,21,23). The number of nitrogens with one attached hydrogen (secondary N) is 1. The molecule has 0 aromatic heterocycles. The van der Waals surface area contributed by atoms with E-state index in [1.807, 2.05) is 0 Å². The molecule has 1 unspecified atom stereocenters. The van der Waals surface area contributed by atoms with Crippen molar-refractivity contribution in [1.29, 1.82) is 0 Å². The first-order valence-corrected chi connectivity index (χ1v) is 7.80. The van der Waals surface area contributed by atoms with Crippen LogP contribution in [0.2, 0.25) is 0 Å². The number of carbonyl (C=O) groups is 2. The lowest BCUT2D eigenvalue weighted by molar-refractivity contribution is -0.125. The molecular formula is C19H17FN2O3. The number of ether oxygens (including phenoxy) is 1. The number of amides is 2. The number of hydrogen-bond donors (Lipinski definition) is 1. The molecule has 128 valence electrons. The van der Waals surface area contributed by atoms with Gasteiger partial charge in [-0.25, -0.2) is 4.39 Å². The number of hydrogen-bond acceptors (Lipinski definition) is 3. The molecule has 0 fully saturated rings. The van der Waals surface area contributed by atoms with Gasteiger partial charge in [-0.2, -0.15) is 0 Å². The molecule has 0 aliphatic carbocycles. The molecule has 0 spiro atoms. The fraction of sp³-hybridized carbons (Fsp3) is 0.158. The smallest absolute Gasteiger partial charge is 0.268 e. The number of rotatable bonds is 4. The number of halogens is 1. The fourth-order valence-electron chi connectivity index (χ4n) is 2.65. The molecule has 25 heavy (non-hydrogen) atoms. The number of carbonyl (C=O) groups excluding carboxylic acids is 2. The minimum absolute atomic E-state index is 0.0435. The summed E-state index contributed by atoms with van der Waals surface area (Å²) in [7, 11) is 0. The SMILES string of the molecule is C=CCN1C(=O)C(C)Oc2cc(NC(=O)c3ccccc3F)ccc21. The summed E-state index contributed by atoms with van der Waals surface area (Å²) in [5.41, 5.74) is 1.01. The van der Waals surface area contributed by atoms with Crippen molar-refractivity contribution in [3.8, 4) is 5.75 Å². The van der Waals surface area contributed by atoms with Crippen LogP contribution in [-0.4, -0.2) is 24.5 Å². The van der Waals surface area contributed by atoms with Gasteiger partial charge in [0.05, 0.1) is 11.3 Å². The van der Waals surface area contributed by atoms with E-state index in [0.717, 1.165) is 0 Å². The molecule has 1 heterocycles. The molecule has 2 amide bonds. The summed E-state index contributed by atoms with van der Waals surface area (Å²) in [5, 5.41) is 2.64. The Balaban J connectivity index is 1.87. The monoisotopic (exact) mass is 340 g/mol. The van der Waals surface area contributed by atoms with Gasteiger partial charge in [-0.05, 0) is 31.2 Å². The van der Waals surface area contributed by atoms with E-state index >= 15 is 0 Å². The van der Waals surface area contributed by atoms with E-state index in [9.17, 15) is 14.0 Å². The van der Waals surface area contributed by atoms with Crippen LogP contribution in [0.15, 0.2) is 55.1 Å². The number of fused-ring (bicyclic) bond motifs is 1. The van der Waals surface area contributed by atoms with Gasteiger partial charge in [-0.3, -0.25) is 9.59 Å². The Hall–Kier alpha value is -3.15. The van der Waals surface area contributed by atoms with Gasteiger partial charge < -0.3 is 15.0 Å². The maximum absolute atomic E-state index is 13.7. The molecule has 0 bridgehead atoms. The average molecular weight is 340 g/mol. The number of anilines is 2. The lowest BCUT2D eigenvalue weighted by Crippen LogP contribution is -2.44. The molecule has 1 aliphatic heterocycles. The second-order valence-corrected chi connectivity index (χ2v) is 5.61. The molecule has 2 aromatic rings. The third kappa shape index (κ3) is 3.24. The van der Waals surface area contributed by atoms with Crippen LogP contribution in [0.1, 0.15) is 17.3 Å². The highest BCUT2D eigenvalue weighted by atomic mass is 19.1. The number of nitrogens with zero attached hydrogens (tertiary/aromatic N) is 1. The van der Waals surface area contributed by atoms with Gasteiger partial charge in [0.25, 0.3) is 11.8 Å². The summed E-state index contributed by atoms with van der Waals surface area (Å²) in [6.45, 7) is 5.68. The van der Waals surface area contributed by atoms with Gasteiger partial charge in [0.15, 0.2) is 6.10 Å². The van der Waals surface area contributed by atoms with Gasteiger partial charge in [-0.15, -0.1) is 6.58 Å². The van der Waals surface area contributed by atoms with E-state index in [0.29, 0.717) is 23.7 Å². The van der Waals surface area contributed by atoms with E-state index in [-0.39, 0.29) is 11.5 Å². The summed E-state index contributed by atoms with van der Waals surface area (Å²) in [6, 6.07) is 10.7. The Bertz CT molecular complexity index is 850. The van der Waals surface area contributed by atoms with Crippen LogP contribution in [0.5, 0.6) is 5.75 Å². The maximum Gasteiger partial charge on any atom is 0.268 e. The molecule has 1 atom stereocenters. The Labute approximate surface area is 144 Å². The Morgan fingerprint density at radius 1 is 1.36 bits per heavy atom. The molecule has 3 rings (SSSR count). The van der Waals surface area contributed by atoms with Crippen LogP contribution >= 0.6 is 0 Å². The van der Waals surface area contributed by atoms with E-state index in [1.165, 1.54) is 18.2 Å². The zero-order chi connectivity index (χ0) is 18.0. The molecular weight excluding hydrogens is 323 g/mol. The first-order valence-electron chi connectivity index (χ1n) is 7.80. The topological polar surface area (TPSA) is 58.6 Å². The van der Waals surface area contributed by atoms with Crippen molar-refractivity contribution < 1.29 is 18.7 Å². The summed E-state index contributed by atoms with van der Waals surface area (Å²) >= 11 is 0. The van der Waals surface area contributed by atoms with Crippen molar-refractivity contribution in [2.45, 2.75) is 13.0 Å². The zero-order valence-corrected chi connectivity index (χ0v) is 13.7. The van der Waals surface area contributed by atoms with Gasteiger partial charge in [0.2, 0.25) is 0 Å². The molecule has 5 nitrogen and oxygen atoms in total. The summed E-state index contributed by atoms with van der Waals surface area (Å²) in [4.78, 5) is 26.0. The normalized spacial score (nSPS) is 16.0. The molecule has 0 saturated carbocycles.